The van der Waals surface area contributed by atoms with Crippen LogP contribution in [0.1, 0.15) is 10.4 Å². The second kappa shape index (κ2) is 6.43. The average molecular weight is 549 g/mol. The summed E-state index contributed by atoms with van der Waals surface area (Å²) < 4.78 is 93.7. The smallest absolute Gasteiger partial charge is 0.339 e. The van der Waals surface area contributed by atoms with Crippen molar-refractivity contribution in [1.82, 2.24) is 4.98 Å². The Morgan fingerprint density at radius 3 is 2.32 bits per heavy atom. The molecular formula is C16H10BrF5N2O5S2. The van der Waals surface area contributed by atoms with Crippen molar-refractivity contribution in [3.05, 3.63) is 52.6 Å². The second-order valence-electron chi connectivity index (χ2n) is 6.23. The first-order valence-electron chi connectivity index (χ1n) is 7.80. The highest BCUT2D eigenvalue weighted by atomic mass is 79.9. The van der Waals surface area contributed by atoms with Gasteiger partial charge in [-0.15, -0.1) is 0 Å². The number of rotatable bonds is 5. The molecule has 0 aliphatic heterocycles. The first-order valence-corrected chi connectivity index (χ1v) is 12.0. The zero-order chi connectivity index (χ0) is 23.5. The Kier molecular flexibility index (Phi) is 4.77. The first kappa shape index (κ1) is 23.0. The summed E-state index contributed by atoms with van der Waals surface area (Å²) in [6.45, 7) is 0. The van der Waals surface area contributed by atoms with E-state index in [0.29, 0.717) is 5.39 Å². The molecule has 31 heavy (non-hydrogen) atoms. The summed E-state index contributed by atoms with van der Waals surface area (Å²) in [5, 5.41) is 19.3. The third-order valence-electron chi connectivity index (χ3n) is 3.93. The van der Waals surface area contributed by atoms with Crippen LogP contribution in [0.25, 0.3) is 10.9 Å². The van der Waals surface area contributed by atoms with Gasteiger partial charge in [0.05, 0.1) is 11.2 Å². The third kappa shape index (κ3) is 4.67. The number of benzene rings is 2. The molecule has 0 saturated carbocycles. The number of carbonyl (C=O) groups is 1. The number of nitrogens with one attached hydrogen (secondary N) is 1. The molecule has 7 nitrogen and oxygen atoms in total. The van der Waals surface area contributed by atoms with Gasteiger partial charge >= 0.3 is 16.2 Å². The minimum absolute atomic E-state index is 0.111. The molecule has 0 fully saturated rings. The van der Waals surface area contributed by atoms with Crippen molar-refractivity contribution in [2.24, 2.45) is 0 Å². The number of aromatic nitrogens is 1. The number of halogens is 6. The van der Waals surface area contributed by atoms with Gasteiger partial charge in [0, 0.05) is 16.1 Å². The van der Waals surface area contributed by atoms with Crippen LogP contribution in [0.15, 0.2) is 56.9 Å². The molecule has 2 aromatic carbocycles. The van der Waals surface area contributed by atoms with E-state index in [1.54, 1.807) is 4.72 Å². The number of carboxylic acids is 1. The summed E-state index contributed by atoms with van der Waals surface area (Å²) in [5.41, 5.74) is -3.08. The number of phenols is 1. The fourth-order valence-corrected chi connectivity index (χ4v) is 5.17. The van der Waals surface area contributed by atoms with Crippen LogP contribution in [0, 0.1) is 0 Å². The van der Waals surface area contributed by atoms with Gasteiger partial charge in [-0.3, -0.25) is 9.71 Å². The fourth-order valence-electron chi connectivity index (χ4n) is 2.60. The summed E-state index contributed by atoms with van der Waals surface area (Å²) in [4.78, 5) is 11.8. The molecule has 3 aromatic rings. The Morgan fingerprint density at radius 1 is 1.10 bits per heavy atom. The lowest BCUT2D eigenvalue weighted by Gasteiger charge is -2.40. The van der Waals surface area contributed by atoms with E-state index in [0.717, 1.165) is 6.07 Å². The Morgan fingerprint density at radius 2 is 1.74 bits per heavy atom. The highest BCUT2D eigenvalue weighted by Gasteiger charge is 2.66. The second-order valence-corrected chi connectivity index (χ2v) is 11.2. The molecule has 3 rings (SSSR count). The Bertz CT molecular complexity index is 1370. The minimum Gasteiger partial charge on any atom is -0.505 e. The largest absolute Gasteiger partial charge is 0.505 e. The Hall–Kier alpha value is -2.65. The average Bonchev–Trinajstić information content (AvgIpc) is 2.60. The molecule has 15 heteroatoms. The molecule has 0 aliphatic rings. The number of anilines is 1. The van der Waals surface area contributed by atoms with Crippen LogP contribution in [0.4, 0.5) is 25.1 Å². The maximum Gasteiger partial charge on any atom is 0.339 e. The standard InChI is InChI=1S/C16H10BrF5N2O5S2/c17-9-4-8-2-1-3-23-14(8)13(5-9)30(28,29)24-12-7-10(31(18,19,20,21)22)6-11(15(12)25)16(26)27/h1-7,24-25H,(H,26,27). The van der Waals surface area contributed by atoms with Crippen LogP contribution < -0.4 is 4.72 Å². The van der Waals surface area contributed by atoms with Crippen molar-refractivity contribution in [3.8, 4) is 5.75 Å². The van der Waals surface area contributed by atoms with Crippen molar-refractivity contribution < 1.29 is 42.9 Å². The lowest BCUT2D eigenvalue weighted by molar-refractivity contribution is 0.0693. The van der Waals surface area contributed by atoms with Crippen molar-refractivity contribution in [2.45, 2.75) is 9.79 Å². The predicted octanol–water partition coefficient (Wildman–Crippen LogP) is 5.86. The first-order chi connectivity index (χ1) is 13.9. The number of carboxylic acid groups (broad SMARTS) is 1. The molecule has 0 amide bonds. The summed E-state index contributed by atoms with van der Waals surface area (Å²) in [7, 11) is -15.2. The maximum absolute atomic E-state index is 13.3. The number of aromatic hydroxyl groups is 1. The van der Waals surface area contributed by atoms with Gasteiger partial charge in [-0.05, 0) is 30.3 Å². The molecule has 0 radical (unpaired) electrons. The van der Waals surface area contributed by atoms with Gasteiger partial charge in [0.25, 0.3) is 10.0 Å². The third-order valence-corrected chi connectivity index (χ3v) is 6.89. The van der Waals surface area contributed by atoms with Gasteiger partial charge in [-0.1, -0.05) is 41.4 Å². The van der Waals surface area contributed by atoms with Crippen molar-refractivity contribution in [2.75, 3.05) is 4.72 Å². The van der Waals surface area contributed by atoms with Gasteiger partial charge in [0.2, 0.25) is 0 Å². The number of aromatic carboxylic acids is 1. The van der Waals surface area contributed by atoms with Gasteiger partial charge < -0.3 is 10.2 Å². The molecule has 0 aliphatic carbocycles. The van der Waals surface area contributed by atoms with E-state index in [9.17, 15) is 37.7 Å². The summed E-state index contributed by atoms with van der Waals surface area (Å²) in [6, 6.07) is 4.68. The number of nitrogens with zero attached hydrogens (tertiary/aromatic N) is 1. The Balaban J connectivity index is 2.26. The minimum atomic E-state index is -10.4. The predicted molar refractivity (Wildman–Crippen MR) is 107 cm³/mol. The molecule has 1 aromatic heterocycles. The van der Waals surface area contributed by atoms with Gasteiger partial charge in [0.1, 0.15) is 15.4 Å². The van der Waals surface area contributed by atoms with E-state index >= 15 is 0 Å². The molecule has 0 unspecified atom stereocenters. The molecule has 0 spiro atoms. The van der Waals surface area contributed by atoms with Crippen LogP contribution in [0.5, 0.6) is 5.75 Å². The van der Waals surface area contributed by atoms with E-state index in [4.69, 9.17) is 5.11 Å². The number of hydrogen-bond donors (Lipinski definition) is 3. The molecular weight excluding hydrogens is 539 g/mol. The molecule has 0 atom stereocenters. The zero-order valence-corrected chi connectivity index (χ0v) is 17.9. The van der Waals surface area contributed by atoms with E-state index in [2.05, 4.69) is 20.9 Å². The molecule has 3 N–H and O–H groups in total. The zero-order valence-electron chi connectivity index (χ0n) is 14.7. The number of sulfonamides is 1. The van der Waals surface area contributed by atoms with Crippen LogP contribution in [-0.4, -0.2) is 29.6 Å². The van der Waals surface area contributed by atoms with Gasteiger partial charge in [-0.25, -0.2) is 13.2 Å². The summed E-state index contributed by atoms with van der Waals surface area (Å²) in [6.07, 6.45) is 1.24. The molecule has 0 bridgehead atoms. The van der Waals surface area contributed by atoms with Crippen molar-refractivity contribution in [3.63, 3.8) is 0 Å². The monoisotopic (exact) mass is 548 g/mol. The van der Waals surface area contributed by atoms with E-state index < -0.39 is 59.1 Å². The van der Waals surface area contributed by atoms with E-state index in [1.807, 2.05) is 0 Å². The van der Waals surface area contributed by atoms with E-state index in [-0.39, 0.29) is 16.1 Å². The number of fused-ring (bicyclic) bond motifs is 1. The molecule has 168 valence electrons. The van der Waals surface area contributed by atoms with Gasteiger partial charge in [-0.2, -0.15) is 0 Å². The van der Waals surface area contributed by atoms with Crippen molar-refractivity contribution >= 4 is 58.7 Å². The Labute approximate surface area is 179 Å². The maximum atomic E-state index is 13.3. The lowest BCUT2D eigenvalue weighted by atomic mass is 10.2. The fraction of sp³-hybridized carbons (Fsp3) is 0. The SMILES string of the molecule is O=C(O)c1cc(S(F)(F)(F)(F)F)cc(NS(=O)(=O)c2cc(Br)cc3cccnc23)c1O. The van der Waals surface area contributed by atoms with Crippen LogP contribution >= 0.6 is 26.2 Å². The number of hydrogen-bond acceptors (Lipinski definition) is 5. The molecule has 0 saturated heterocycles. The normalized spacial score (nSPS) is 14.6. The van der Waals surface area contributed by atoms with Crippen LogP contribution in [-0.2, 0) is 10.0 Å². The topological polar surface area (TPSA) is 117 Å². The quantitative estimate of drug-likeness (QED) is 0.271. The van der Waals surface area contributed by atoms with E-state index in [1.165, 1.54) is 24.4 Å². The van der Waals surface area contributed by atoms with Crippen LogP contribution in [0.2, 0.25) is 0 Å². The van der Waals surface area contributed by atoms with Crippen LogP contribution in [0.3, 0.4) is 0 Å². The summed E-state index contributed by atoms with van der Waals surface area (Å²) in [5.74, 6) is -3.66. The lowest BCUT2D eigenvalue weighted by Crippen LogP contribution is -2.16. The van der Waals surface area contributed by atoms with Crippen molar-refractivity contribution in [1.29, 1.82) is 0 Å². The summed E-state index contributed by atoms with van der Waals surface area (Å²) >= 11 is 3.07. The van der Waals surface area contributed by atoms with Gasteiger partial charge in [0.15, 0.2) is 5.75 Å². The highest BCUT2D eigenvalue weighted by molar-refractivity contribution is 9.10. The molecule has 1 heterocycles. The number of pyridine rings is 1. The highest BCUT2D eigenvalue weighted by Crippen LogP contribution is 3.02.